The number of carbonyl (C=O) groups excluding carboxylic acids is 1. The van der Waals surface area contributed by atoms with Crippen molar-refractivity contribution in [3.05, 3.63) is 69.8 Å². The molecule has 0 aliphatic carbocycles. The molecule has 0 saturated heterocycles. The number of nitrogens with zero attached hydrogens (tertiary/aromatic N) is 1. The van der Waals surface area contributed by atoms with Crippen molar-refractivity contribution in [2.24, 2.45) is 0 Å². The highest BCUT2D eigenvalue weighted by atomic mass is 32.2. The first kappa shape index (κ1) is 21.3. The molecular weight excluding hydrogens is 386 g/mol. The van der Waals surface area contributed by atoms with Gasteiger partial charge in [-0.05, 0) is 11.6 Å². The first-order valence-corrected chi connectivity index (χ1v) is 10.2. The van der Waals surface area contributed by atoms with E-state index in [1.54, 1.807) is 0 Å². The van der Waals surface area contributed by atoms with E-state index in [4.69, 9.17) is 0 Å². The number of ether oxygens (including phenoxy) is 1. The van der Waals surface area contributed by atoms with Crippen molar-refractivity contribution >= 4 is 27.2 Å². The summed E-state index contributed by atoms with van der Waals surface area (Å²) in [4.78, 5) is 22.6. The van der Waals surface area contributed by atoms with Crippen LogP contribution in [0.25, 0.3) is 0 Å². The lowest BCUT2D eigenvalue weighted by atomic mass is 10.1. The zero-order valence-corrected chi connectivity index (χ0v) is 16.2. The largest absolute Gasteiger partial charge is 0.465 e. The second kappa shape index (κ2) is 9.29. The molecule has 1 unspecified atom stereocenters. The third kappa shape index (κ3) is 5.51. The maximum Gasteiger partial charge on any atom is 0.340 e. The van der Waals surface area contributed by atoms with E-state index in [2.05, 4.69) is 15.4 Å². The summed E-state index contributed by atoms with van der Waals surface area (Å²) in [5.74, 6) is -0.764. The van der Waals surface area contributed by atoms with Gasteiger partial charge in [-0.3, -0.25) is 15.4 Å². The van der Waals surface area contributed by atoms with E-state index in [1.807, 2.05) is 30.3 Å². The monoisotopic (exact) mass is 407 g/mol. The van der Waals surface area contributed by atoms with Crippen LogP contribution in [-0.4, -0.2) is 44.6 Å². The van der Waals surface area contributed by atoms with Gasteiger partial charge < -0.3 is 10.1 Å². The van der Waals surface area contributed by atoms with Crippen LogP contribution >= 0.6 is 0 Å². The zero-order valence-electron chi connectivity index (χ0n) is 15.4. The molecule has 0 aromatic heterocycles. The molecule has 0 aliphatic heterocycles. The minimum atomic E-state index is -3.54. The van der Waals surface area contributed by atoms with E-state index in [1.165, 1.54) is 18.2 Å². The lowest BCUT2D eigenvalue weighted by Gasteiger charge is -2.19. The van der Waals surface area contributed by atoms with Gasteiger partial charge in [0.15, 0.2) is 9.84 Å². The standard InChI is InChI=1S/C18H21N3O6S/c1-27-18(22)14-9-6-10-15(21(23)24)17(14)20-12-16(28(2,25)26)19-11-13-7-4-3-5-8-13/h3-10,16,19-20H,11-12H2,1-2H3. The van der Waals surface area contributed by atoms with Crippen LogP contribution in [0, 0.1) is 10.1 Å². The van der Waals surface area contributed by atoms with Crippen molar-refractivity contribution in [3.8, 4) is 0 Å². The molecule has 10 heteroatoms. The Balaban J connectivity index is 2.25. The number of carbonyl (C=O) groups is 1. The Morgan fingerprint density at radius 2 is 1.86 bits per heavy atom. The number of hydrogen-bond donors (Lipinski definition) is 2. The third-order valence-electron chi connectivity index (χ3n) is 4.00. The molecule has 2 rings (SSSR count). The summed E-state index contributed by atoms with van der Waals surface area (Å²) in [6.07, 6.45) is 1.07. The van der Waals surface area contributed by atoms with Gasteiger partial charge in [-0.15, -0.1) is 0 Å². The maximum atomic E-state index is 12.1. The summed E-state index contributed by atoms with van der Waals surface area (Å²) in [7, 11) is -2.38. The van der Waals surface area contributed by atoms with Gasteiger partial charge in [0.1, 0.15) is 11.1 Å². The molecular formula is C18H21N3O6S. The smallest absolute Gasteiger partial charge is 0.340 e. The van der Waals surface area contributed by atoms with Crippen LogP contribution in [0.1, 0.15) is 15.9 Å². The van der Waals surface area contributed by atoms with Crippen molar-refractivity contribution in [2.75, 3.05) is 25.2 Å². The van der Waals surface area contributed by atoms with Crippen molar-refractivity contribution < 1.29 is 22.9 Å². The van der Waals surface area contributed by atoms with Gasteiger partial charge in [0.25, 0.3) is 5.69 Å². The van der Waals surface area contributed by atoms with Gasteiger partial charge in [-0.1, -0.05) is 36.4 Å². The number of nitro groups is 1. The number of rotatable bonds is 9. The molecule has 0 spiro atoms. The highest BCUT2D eigenvalue weighted by Crippen LogP contribution is 2.29. The minimum Gasteiger partial charge on any atom is -0.465 e. The molecule has 0 saturated carbocycles. The lowest BCUT2D eigenvalue weighted by Crippen LogP contribution is -2.41. The van der Waals surface area contributed by atoms with Crippen LogP contribution in [0.4, 0.5) is 11.4 Å². The highest BCUT2D eigenvalue weighted by Gasteiger charge is 2.25. The van der Waals surface area contributed by atoms with Gasteiger partial charge in [0.05, 0.1) is 17.6 Å². The number of esters is 1. The van der Waals surface area contributed by atoms with Crippen LogP contribution in [0.5, 0.6) is 0 Å². The molecule has 150 valence electrons. The summed E-state index contributed by atoms with van der Waals surface area (Å²) in [5, 5.41) is 15.9. The number of benzene rings is 2. The van der Waals surface area contributed by atoms with Crippen LogP contribution < -0.4 is 10.6 Å². The summed E-state index contributed by atoms with van der Waals surface area (Å²) in [6, 6.07) is 13.2. The van der Waals surface area contributed by atoms with E-state index >= 15 is 0 Å². The van der Waals surface area contributed by atoms with Gasteiger partial charge in [0.2, 0.25) is 0 Å². The van der Waals surface area contributed by atoms with E-state index in [0.29, 0.717) is 6.54 Å². The van der Waals surface area contributed by atoms with E-state index < -0.39 is 26.1 Å². The Labute approximate surface area is 162 Å². The van der Waals surface area contributed by atoms with Crippen molar-refractivity contribution in [2.45, 2.75) is 11.9 Å². The van der Waals surface area contributed by atoms with Gasteiger partial charge in [-0.2, -0.15) is 0 Å². The first-order valence-electron chi connectivity index (χ1n) is 8.29. The Hall–Kier alpha value is -2.98. The summed E-state index contributed by atoms with van der Waals surface area (Å²) in [6.45, 7) is 0.113. The molecule has 1 atom stereocenters. The van der Waals surface area contributed by atoms with Crippen LogP contribution in [-0.2, 0) is 21.1 Å². The predicted molar refractivity (Wildman–Crippen MR) is 105 cm³/mol. The third-order valence-corrected chi connectivity index (χ3v) is 5.37. The fourth-order valence-electron chi connectivity index (χ4n) is 2.56. The van der Waals surface area contributed by atoms with Crippen LogP contribution in [0.2, 0.25) is 0 Å². The molecule has 0 aliphatic rings. The minimum absolute atomic E-state index is 0.0491. The molecule has 0 amide bonds. The average Bonchev–Trinajstić information content (AvgIpc) is 2.66. The number of hydrogen-bond acceptors (Lipinski definition) is 8. The molecule has 2 N–H and O–H groups in total. The Bertz CT molecular complexity index is 947. The SMILES string of the molecule is COC(=O)c1cccc([N+](=O)[O-])c1NCC(NCc1ccccc1)S(C)(=O)=O. The fourth-order valence-corrected chi connectivity index (χ4v) is 3.33. The average molecular weight is 407 g/mol. The maximum absolute atomic E-state index is 12.1. The normalized spacial score (nSPS) is 12.2. The van der Waals surface area contributed by atoms with E-state index in [-0.39, 0.29) is 23.5 Å². The number of sulfone groups is 1. The number of para-hydroxylation sites is 1. The predicted octanol–water partition coefficient (Wildman–Crippen LogP) is 1.95. The Morgan fingerprint density at radius 1 is 1.18 bits per heavy atom. The van der Waals surface area contributed by atoms with Gasteiger partial charge >= 0.3 is 5.97 Å². The molecule has 9 nitrogen and oxygen atoms in total. The van der Waals surface area contributed by atoms with Crippen molar-refractivity contribution in [3.63, 3.8) is 0 Å². The van der Waals surface area contributed by atoms with Crippen LogP contribution in [0.3, 0.4) is 0 Å². The molecule has 0 radical (unpaired) electrons. The van der Waals surface area contributed by atoms with E-state index in [9.17, 15) is 23.3 Å². The Morgan fingerprint density at radius 3 is 2.43 bits per heavy atom. The fraction of sp³-hybridized carbons (Fsp3) is 0.278. The highest BCUT2D eigenvalue weighted by molar-refractivity contribution is 7.91. The van der Waals surface area contributed by atoms with Gasteiger partial charge in [-0.25, -0.2) is 13.2 Å². The van der Waals surface area contributed by atoms with Gasteiger partial charge in [0, 0.05) is 25.4 Å². The second-order valence-corrected chi connectivity index (χ2v) is 8.24. The second-order valence-electron chi connectivity index (χ2n) is 6.01. The molecule has 0 heterocycles. The number of anilines is 1. The molecule has 2 aromatic carbocycles. The Kier molecular flexibility index (Phi) is 7.07. The quantitative estimate of drug-likeness (QED) is 0.367. The zero-order chi connectivity index (χ0) is 20.7. The van der Waals surface area contributed by atoms with Crippen molar-refractivity contribution in [1.82, 2.24) is 5.32 Å². The molecule has 2 aromatic rings. The summed E-state index contributed by atoms with van der Waals surface area (Å²) >= 11 is 0. The molecule has 0 bridgehead atoms. The summed E-state index contributed by atoms with van der Waals surface area (Å²) in [5.41, 5.74) is 0.400. The molecule has 28 heavy (non-hydrogen) atoms. The molecule has 0 fully saturated rings. The summed E-state index contributed by atoms with van der Waals surface area (Å²) < 4.78 is 28.9. The first-order chi connectivity index (χ1) is 13.2. The number of nitrogens with one attached hydrogen (secondary N) is 2. The lowest BCUT2D eigenvalue weighted by molar-refractivity contribution is -0.384. The van der Waals surface area contributed by atoms with E-state index in [0.717, 1.165) is 18.9 Å². The van der Waals surface area contributed by atoms with Crippen LogP contribution in [0.15, 0.2) is 48.5 Å². The topological polar surface area (TPSA) is 128 Å². The van der Waals surface area contributed by atoms with Crippen molar-refractivity contribution in [1.29, 1.82) is 0 Å². The number of methoxy groups -OCH3 is 1. The number of nitro benzene ring substituents is 1.